The summed E-state index contributed by atoms with van der Waals surface area (Å²) >= 11 is 1.05. The van der Waals surface area contributed by atoms with Gasteiger partial charge in [-0.25, -0.2) is 9.37 Å². The molecule has 5 rings (SSSR count). The number of fused-ring (bicyclic) bond motifs is 1. The molecule has 3 aromatic carbocycles. The summed E-state index contributed by atoms with van der Waals surface area (Å²) in [5.74, 6) is -1.98. The molecular weight excluding hydrogens is 523 g/mol. The van der Waals surface area contributed by atoms with E-state index >= 15 is 0 Å². The van der Waals surface area contributed by atoms with Crippen LogP contribution in [0, 0.1) is 5.82 Å². The number of aromatic hydroxyl groups is 1. The maximum Gasteiger partial charge on any atom is 0.301 e. The van der Waals surface area contributed by atoms with Crippen molar-refractivity contribution in [3.63, 3.8) is 0 Å². The van der Waals surface area contributed by atoms with E-state index in [4.69, 9.17) is 9.47 Å². The molecule has 1 aliphatic rings. The normalized spacial score (nSPS) is 16.7. The topological polar surface area (TPSA) is 109 Å². The number of halogens is 1. The van der Waals surface area contributed by atoms with Crippen LogP contribution in [0.3, 0.4) is 0 Å². The average Bonchev–Trinajstić information content (AvgIpc) is 3.46. The molecule has 8 nitrogen and oxygen atoms in total. The third-order valence-electron chi connectivity index (χ3n) is 6.19. The molecule has 1 saturated heterocycles. The average molecular weight is 549 g/mol. The first-order valence-electron chi connectivity index (χ1n) is 12.4. The number of ether oxygens (including phenoxy) is 2. The van der Waals surface area contributed by atoms with Gasteiger partial charge in [-0.2, -0.15) is 0 Å². The first-order chi connectivity index (χ1) is 18.8. The Morgan fingerprint density at radius 2 is 1.82 bits per heavy atom. The minimum atomic E-state index is -1.09. The van der Waals surface area contributed by atoms with Gasteiger partial charge < -0.3 is 19.7 Å². The number of Topliss-reactive ketones (excluding diaryl/α,β-unsaturated/α-hetero) is 1. The zero-order valence-corrected chi connectivity index (χ0v) is 22.0. The fraction of sp³-hybridized carbons (Fsp3) is 0.207. The van der Waals surface area contributed by atoms with Crippen molar-refractivity contribution in [2.75, 3.05) is 18.1 Å². The van der Waals surface area contributed by atoms with Gasteiger partial charge in [0.1, 0.15) is 17.3 Å². The van der Waals surface area contributed by atoms with Gasteiger partial charge in [0.25, 0.3) is 5.78 Å². The fourth-order valence-corrected chi connectivity index (χ4v) is 5.41. The molecule has 1 amide bonds. The van der Waals surface area contributed by atoms with Crippen LogP contribution in [0.15, 0.2) is 66.2 Å². The van der Waals surface area contributed by atoms with Gasteiger partial charge in [0.15, 0.2) is 16.6 Å². The molecule has 4 aromatic rings. The number of nitrogens with zero attached hydrogens (tertiary/aromatic N) is 2. The Morgan fingerprint density at radius 1 is 1.05 bits per heavy atom. The van der Waals surface area contributed by atoms with E-state index < -0.39 is 23.5 Å². The maximum atomic E-state index is 13.9. The van der Waals surface area contributed by atoms with E-state index in [2.05, 4.69) is 4.98 Å². The summed E-state index contributed by atoms with van der Waals surface area (Å²) in [4.78, 5) is 32.6. The van der Waals surface area contributed by atoms with Gasteiger partial charge in [-0.15, -0.1) is 0 Å². The van der Waals surface area contributed by atoms with E-state index in [0.717, 1.165) is 17.8 Å². The number of phenolic OH excluding ortho intramolecular Hbond substituents is 1. The summed E-state index contributed by atoms with van der Waals surface area (Å²) in [5.41, 5.74) is 1.03. The van der Waals surface area contributed by atoms with Crippen LogP contribution in [0.2, 0.25) is 0 Å². The van der Waals surface area contributed by atoms with Gasteiger partial charge in [-0.1, -0.05) is 24.3 Å². The quantitative estimate of drug-likeness (QED) is 0.159. The van der Waals surface area contributed by atoms with Gasteiger partial charge in [0.2, 0.25) is 0 Å². The first kappa shape index (κ1) is 26.2. The number of benzene rings is 3. The van der Waals surface area contributed by atoms with Gasteiger partial charge >= 0.3 is 5.91 Å². The number of hydrogen-bond acceptors (Lipinski definition) is 8. The van der Waals surface area contributed by atoms with Crippen molar-refractivity contribution < 1.29 is 33.7 Å². The maximum absolute atomic E-state index is 13.9. The number of anilines is 1. The molecule has 2 heterocycles. The van der Waals surface area contributed by atoms with Gasteiger partial charge in [-0.3, -0.25) is 14.5 Å². The molecule has 1 atom stereocenters. The van der Waals surface area contributed by atoms with Crippen LogP contribution in [-0.2, 0) is 9.59 Å². The second-order valence-electron chi connectivity index (χ2n) is 8.81. The Morgan fingerprint density at radius 3 is 2.54 bits per heavy atom. The molecule has 0 spiro atoms. The molecule has 1 fully saturated rings. The van der Waals surface area contributed by atoms with Crippen molar-refractivity contribution in [1.29, 1.82) is 0 Å². The first-order valence-corrected chi connectivity index (χ1v) is 13.2. The number of thiazole rings is 1. The van der Waals surface area contributed by atoms with Crippen LogP contribution in [0.25, 0.3) is 16.0 Å². The van der Waals surface area contributed by atoms with E-state index in [9.17, 15) is 24.2 Å². The smallest absolute Gasteiger partial charge is 0.301 e. The highest BCUT2D eigenvalue weighted by molar-refractivity contribution is 7.22. The summed E-state index contributed by atoms with van der Waals surface area (Å²) in [7, 11) is 0. The molecule has 1 aromatic heterocycles. The molecule has 1 unspecified atom stereocenters. The van der Waals surface area contributed by atoms with Crippen LogP contribution in [0.5, 0.6) is 17.2 Å². The highest BCUT2D eigenvalue weighted by atomic mass is 32.1. The second-order valence-corrected chi connectivity index (χ2v) is 9.82. The number of phenols is 1. The molecule has 0 radical (unpaired) electrons. The SMILES string of the molecule is CCCOc1ccc(C(O)=C2C(=O)C(=O)N(c3nc4ccc(F)cc4s3)C2c2ccc(O)c(OCC)c2)cc1. The molecule has 1 aliphatic heterocycles. The number of aliphatic hydroxyl groups is 1. The van der Waals surface area contributed by atoms with E-state index in [-0.39, 0.29) is 34.6 Å². The lowest BCUT2D eigenvalue weighted by molar-refractivity contribution is -0.132. The lowest BCUT2D eigenvalue weighted by atomic mass is 9.95. The summed E-state index contributed by atoms with van der Waals surface area (Å²) in [6, 6.07) is 14.0. The molecule has 200 valence electrons. The number of amides is 1. The fourth-order valence-electron chi connectivity index (χ4n) is 4.39. The lowest BCUT2D eigenvalue weighted by Crippen LogP contribution is -2.29. The number of carbonyl (C=O) groups is 2. The van der Waals surface area contributed by atoms with Crippen molar-refractivity contribution in [3.8, 4) is 17.2 Å². The zero-order valence-electron chi connectivity index (χ0n) is 21.2. The zero-order chi connectivity index (χ0) is 27.7. The molecule has 2 N–H and O–H groups in total. The third-order valence-corrected chi connectivity index (χ3v) is 7.21. The predicted octanol–water partition coefficient (Wildman–Crippen LogP) is 5.95. The highest BCUT2D eigenvalue weighted by Gasteiger charge is 2.48. The van der Waals surface area contributed by atoms with Crippen LogP contribution in [0.4, 0.5) is 9.52 Å². The van der Waals surface area contributed by atoms with Crippen LogP contribution in [0.1, 0.15) is 37.4 Å². The number of aromatic nitrogens is 1. The largest absolute Gasteiger partial charge is 0.507 e. The Balaban J connectivity index is 1.67. The third kappa shape index (κ3) is 4.90. The Bertz CT molecular complexity index is 1600. The Labute approximate surface area is 227 Å². The summed E-state index contributed by atoms with van der Waals surface area (Å²) in [6.45, 7) is 4.55. The molecule has 0 bridgehead atoms. The van der Waals surface area contributed by atoms with Crippen molar-refractivity contribution in [1.82, 2.24) is 4.98 Å². The predicted molar refractivity (Wildman–Crippen MR) is 146 cm³/mol. The van der Waals surface area contributed by atoms with Gasteiger partial charge in [-0.05, 0) is 73.5 Å². The van der Waals surface area contributed by atoms with Crippen molar-refractivity contribution >= 4 is 44.1 Å². The lowest BCUT2D eigenvalue weighted by Gasteiger charge is -2.23. The van der Waals surface area contributed by atoms with Crippen molar-refractivity contribution in [2.24, 2.45) is 0 Å². The molecular formula is C29H25FN2O6S. The summed E-state index contributed by atoms with van der Waals surface area (Å²) < 4.78 is 25.5. The standard InChI is InChI=1S/C29H25FN2O6S/c1-3-13-38-19-9-5-16(6-10-19)26(34)24-25(17-7-12-21(33)22(14-17)37-4-2)32(28(36)27(24)35)29-31-20-11-8-18(30)15-23(20)39-29/h5-12,14-15,25,33-34H,3-4,13H2,1-2H3. The number of carbonyl (C=O) groups excluding carboxylic acids is 2. The minimum absolute atomic E-state index is 0.115. The monoisotopic (exact) mass is 548 g/mol. The molecule has 10 heteroatoms. The number of aliphatic hydroxyl groups excluding tert-OH is 1. The molecule has 39 heavy (non-hydrogen) atoms. The Hall–Kier alpha value is -4.44. The Kier molecular flexibility index (Phi) is 7.21. The molecule has 0 saturated carbocycles. The highest BCUT2D eigenvalue weighted by Crippen LogP contribution is 2.45. The minimum Gasteiger partial charge on any atom is -0.507 e. The van der Waals surface area contributed by atoms with Crippen molar-refractivity contribution in [2.45, 2.75) is 26.3 Å². The van der Waals surface area contributed by atoms with Gasteiger partial charge in [0.05, 0.1) is 35.0 Å². The van der Waals surface area contributed by atoms with E-state index in [1.165, 1.54) is 35.2 Å². The van der Waals surface area contributed by atoms with E-state index in [1.807, 2.05) is 6.92 Å². The number of rotatable bonds is 8. The van der Waals surface area contributed by atoms with Crippen LogP contribution in [-0.4, -0.2) is 40.1 Å². The molecule has 0 aliphatic carbocycles. The number of ketones is 1. The summed E-state index contributed by atoms with van der Waals surface area (Å²) in [6.07, 6.45) is 0.833. The van der Waals surface area contributed by atoms with E-state index in [0.29, 0.717) is 33.7 Å². The van der Waals surface area contributed by atoms with Crippen LogP contribution < -0.4 is 14.4 Å². The van der Waals surface area contributed by atoms with E-state index in [1.54, 1.807) is 37.3 Å². The second kappa shape index (κ2) is 10.7. The summed E-state index contributed by atoms with van der Waals surface area (Å²) in [5, 5.41) is 21.8. The van der Waals surface area contributed by atoms with Crippen LogP contribution >= 0.6 is 11.3 Å². The van der Waals surface area contributed by atoms with Crippen molar-refractivity contribution in [3.05, 3.63) is 83.2 Å². The van der Waals surface area contributed by atoms with Gasteiger partial charge in [0, 0.05) is 5.56 Å². The number of hydrogen-bond donors (Lipinski definition) is 2.